The summed E-state index contributed by atoms with van der Waals surface area (Å²) in [5.41, 5.74) is 8.06. The molecule has 2 aromatic rings. The molecular formula is C18H25N5OS. The van der Waals surface area contributed by atoms with Crippen LogP contribution in [0.3, 0.4) is 0 Å². The van der Waals surface area contributed by atoms with E-state index in [0.717, 1.165) is 43.2 Å². The van der Waals surface area contributed by atoms with Gasteiger partial charge in [0.05, 0.1) is 6.54 Å². The number of nitrogens with two attached hydrogens (primary N) is 1. The van der Waals surface area contributed by atoms with E-state index >= 15 is 0 Å². The van der Waals surface area contributed by atoms with E-state index in [1.807, 2.05) is 24.3 Å². The Bertz CT molecular complexity index is 729. The van der Waals surface area contributed by atoms with Gasteiger partial charge < -0.3 is 11.1 Å². The van der Waals surface area contributed by atoms with Crippen molar-refractivity contribution >= 4 is 22.9 Å². The van der Waals surface area contributed by atoms with Gasteiger partial charge in [-0.3, -0.25) is 9.69 Å². The Balaban J connectivity index is 1.58. The number of aryl methyl sites for hydroxylation is 1. The van der Waals surface area contributed by atoms with Crippen LogP contribution in [0, 0.1) is 5.41 Å². The van der Waals surface area contributed by atoms with Crippen molar-refractivity contribution < 1.29 is 4.79 Å². The number of nitrogens with zero attached hydrogens (tertiary/aromatic N) is 3. The van der Waals surface area contributed by atoms with Crippen LogP contribution in [0.25, 0.3) is 0 Å². The maximum absolute atomic E-state index is 12.3. The Morgan fingerprint density at radius 1 is 1.36 bits per heavy atom. The Hall–Kier alpha value is -1.83. The van der Waals surface area contributed by atoms with Crippen molar-refractivity contribution in [1.29, 1.82) is 0 Å². The Morgan fingerprint density at radius 2 is 2.12 bits per heavy atom. The molecule has 1 aliphatic heterocycles. The lowest BCUT2D eigenvalue weighted by atomic mass is 9.90. The van der Waals surface area contributed by atoms with E-state index in [1.165, 1.54) is 16.9 Å². The third-order valence-corrected chi connectivity index (χ3v) is 5.68. The molecule has 1 unspecified atom stereocenters. The van der Waals surface area contributed by atoms with Crippen LogP contribution in [0.2, 0.25) is 0 Å². The molecule has 1 aliphatic rings. The Morgan fingerprint density at radius 3 is 2.76 bits per heavy atom. The smallest absolute Gasteiger partial charge is 0.286 e. The van der Waals surface area contributed by atoms with Gasteiger partial charge in [-0.15, -0.1) is 10.2 Å². The first kappa shape index (κ1) is 18.0. The molecule has 0 bridgehead atoms. The molecule has 134 valence electrons. The highest BCUT2D eigenvalue weighted by Crippen LogP contribution is 2.29. The van der Waals surface area contributed by atoms with E-state index in [0.29, 0.717) is 11.6 Å². The molecule has 2 heterocycles. The lowest BCUT2D eigenvalue weighted by Gasteiger charge is -2.21. The average Bonchev–Trinajstić information content (AvgIpc) is 3.23. The number of carbonyl (C=O) groups is 1. The Kier molecular flexibility index (Phi) is 5.46. The first-order valence-corrected chi connectivity index (χ1v) is 9.48. The van der Waals surface area contributed by atoms with Gasteiger partial charge in [-0.1, -0.05) is 37.3 Å². The number of benzene rings is 1. The second-order valence-electron chi connectivity index (χ2n) is 6.98. The summed E-state index contributed by atoms with van der Waals surface area (Å²) in [6.07, 6.45) is 2.08. The molecule has 6 nitrogen and oxygen atoms in total. The summed E-state index contributed by atoms with van der Waals surface area (Å²) >= 11 is 1.36. The molecule has 3 rings (SSSR count). The fourth-order valence-electron chi connectivity index (χ4n) is 3.04. The highest BCUT2D eigenvalue weighted by atomic mass is 32.1. The lowest BCUT2D eigenvalue weighted by Crippen LogP contribution is -2.31. The van der Waals surface area contributed by atoms with E-state index in [1.54, 1.807) is 0 Å². The molecular weight excluding hydrogens is 334 g/mol. The summed E-state index contributed by atoms with van der Waals surface area (Å²) in [6.45, 7) is 7.73. The van der Waals surface area contributed by atoms with Crippen molar-refractivity contribution in [2.24, 2.45) is 11.1 Å². The summed E-state index contributed by atoms with van der Waals surface area (Å²) < 4.78 is 0. The van der Waals surface area contributed by atoms with Gasteiger partial charge in [-0.05, 0) is 49.0 Å². The van der Waals surface area contributed by atoms with Crippen molar-refractivity contribution in [1.82, 2.24) is 15.1 Å². The number of hydrogen-bond acceptors (Lipinski definition) is 6. The molecule has 7 heteroatoms. The van der Waals surface area contributed by atoms with E-state index in [2.05, 4.69) is 34.3 Å². The maximum atomic E-state index is 12.3. The Labute approximate surface area is 152 Å². The van der Waals surface area contributed by atoms with Crippen molar-refractivity contribution in [3.63, 3.8) is 0 Å². The third kappa shape index (κ3) is 4.42. The van der Waals surface area contributed by atoms with Crippen molar-refractivity contribution in [2.75, 3.05) is 25.0 Å². The number of anilines is 1. The zero-order valence-corrected chi connectivity index (χ0v) is 15.6. The minimum absolute atomic E-state index is 0.190. The summed E-state index contributed by atoms with van der Waals surface area (Å²) in [6, 6.07) is 7.86. The fourth-order valence-corrected chi connectivity index (χ4v) is 3.81. The summed E-state index contributed by atoms with van der Waals surface area (Å²) in [5, 5.41) is 12.4. The number of likely N-dealkylation sites (tertiary alicyclic amines) is 1. The van der Waals surface area contributed by atoms with E-state index in [-0.39, 0.29) is 11.3 Å². The maximum Gasteiger partial charge on any atom is 0.286 e. The van der Waals surface area contributed by atoms with E-state index in [9.17, 15) is 4.79 Å². The van der Waals surface area contributed by atoms with Crippen LogP contribution >= 0.6 is 11.3 Å². The van der Waals surface area contributed by atoms with Crippen molar-refractivity contribution in [2.45, 2.75) is 33.2 Å². The minimum atomic E-state index is -0.207. The molecule has 1 fully saturated rings. The van der Waals surface area contributed by atoms with Crippen LogP contribution in [0.15, 0.2) is 24.3 Å². The van der Waals surface area contributed by atoms with Gasteiger partial charge in [0.1, 0.15) is 5.01 Å². The lowest BCUT2D eigenvalue weighted by molar-refractivity contribution is 0.102. The minimum Gasteiger partial charge on any atom is -0.330 e. The van der Waals surface area contributed by atoms with Crippen molar-refractivity contribution in [3.05, 3.63) is 39.8 Å². The molecule has 25 heavy (non-hydrogen) atoms. The van der Waals surface area contributed by atoms with Gasteiger partial charge in [0, 0.05) is 12.2 Å². The van der Waals surface area contributed by atoms with Crippen molar-refractivity contribution in [3.8, 4) is 0 Å². The van der Waals surface area contributed by atoms with Crippen LogP contribution in [-0.4, -0.2) is 40.6 Å². The van der Waals surface area contributed by atoms with Gasteiger partial charge in [0.25, 0.3) is 5.91 Å². The van der Waals surface area contributed by atoms with Gasteiger partial charge in [0.15, 0.2) is 0 Å². The first-order chi connectivity index (χ1) is 12.0. The molecule has 0 saturated carbocycles. The largest absolute Gasteiger partial charge is 0.330 e. The number of rotatable bonds is 6. The third-order valence-electron chi connectivity index (χ3n) is 4.77. The summed E-state index contributed by atoms with van der Waals surface area (Å²) in [7, 11) is 0. The molecule has 1 aromatic heterocycles. The van der Waals surface area contributed by atoms with Crippen LogP contribution < -0.4 is 11.1 Å². The molecule has 1 saturated heterocycles. The predicted octanol–water partition coefficient (Wildman–Crippen LogP) is 2.52. The molecule has 1 aromatic carbocycles. The zero-order chi connectivity index (χ0) is 17.9. The van der Waals surface area contributed by atoms with Crippen LogP contribution in [0.4, 0.5) is 5.69 Å². The first-order valence-electron chi connectivity index (χ1n) is 8.66. The number of carbonyl (C=O) groups excluding carboxylic acids is 1. The van der Waals surface area contributed by atoms with Gasteiger partial charge in [0.2, 0.25) is 5.01 Å². The number of hydrogen-bond donors (Lipinski definition) is 2. The van der Waals surface area contributed by atoms with Gasteiger partial charge in [-0.2, -0.15) is 0 Å². The number of nitrogens with one attached hydrogen (secondary N) is 1. The summed E-state index contributed by atoms with van der Waals surface area (Å²) in [4.78, 5) is 14.7. The van der Waals surface area contributed by atoms with Crippen LogP contribution in [0.5, 0.6) is 0 Å². The van der Waals surface area contributed by atoms with E-state index in [4.69, 9.17) is 5.73 Å². The number of amides is 1. The SMILES string of the molecule is CCc1ccc(NC(=O)c2nnc(CN3CCC(C)(CN)C3)s2)cc1. The van der Waals surface area contributed by atoms with Gasteiger partial charge in [-0.25, -0.2) is 0 Å². The standard InChI is InChI=1S/C18H25N5OS/c1-3-13-4-6-14(7-5-13)20-16(24)17-22-21-15(25-17)10-23-9-8-18(2,11-19)12-23/h4-7H,3,8-12,19H2,1-2H3,(H,20,24). The molecule has 1 atom stereocenters. The highest BCUT2D eigenvalue weighted by Gasteiger charge is 2.32. The average molecular weight is 359 g/mol. The van der Waals surface area contributed by atoms with E-state index < -0.39 is 0 Å². The predicted molar refractivity (Wildman–Crippen MR) is 101 cm³/mol. The second-order valence-corrected chi connectivity index (χ2v) is 8.04. The molecule has 0 spiro atoms. The summed E-state index contributed by atoms with van der Waals surface area (Å²) in [5.74, 6) is -0.207. The van der Waals surface area contributed by atoms with Crippen LogP contribution in [0.1, 0.15) is 40.6 Å². The second kappa shape index (κ2) is 7.59. The topological polar surface area (TPSA) is 84.1 Å². The molecule has 0 radical (unpaired) electrons. The van der Waals surface area contributed by atoms with Crippen LogP contribution in [-0.2, 0) is 13.0 Å². The van der Waals surface area contributed by atoms with Gasteiger partial charge >= 0.3 is 0 Å². The highest BCUT2D eigenvalue weighted by molar-refractivity contribution is 7.13. The zero-order valence-electron chi connectivity index (χ0n) is 14.8. The normalized spacial score (nSPS) is 20.8. The number of aromatic nitrogens is 2. The quantitative estimate of drug-likeness (QED) is 0.828. The molecule has 1 amide bonds. The fraction of sp³-hybridized carbons (Fsp3) is 0.500. The molecule has 0 aliphatic carbocycles. The molecule has 3 N–H and O–H groups in total. The monoisotopic (exact) mass is 359 g/mol.